The van der Waals surface area contributed by atoms with Gasteiger partial charge in [0.25, 0.3) is 0 Å². The first-order valence-corrected chi connectivity index (χ1v) is 10.6. The second kappa shape index (κ2) is 7.81. The molecule has 6 heteroatoms. The monoisotopic (exact) mass is 342 g/mol. The molecule has 122 valence electrons. The molecule has 2 aliphatic heterocycles. The summed E-state index contributed by atoms with van der Waals surface area (Å²) in [5.41, 5.74) is 0.935. The van der Waals surface area contributed by atoms with Crippen molar-refractivity contribution >= 4 is 21.6 Å². The Kier molecular flexibility index (Phi) is 5.79. The molecule has 2 fully saturated rings. The molecule has 0 radical (unpaired) electrons. The maximum absolute atomic E-state index is 12.5. The summed E-state index contributed by atoms with van der Waals surface area (Å²) in [6.07, 6.45) is 3.02. The lowest BCUT2D eigenvalue weighted by Gasteiger charge is -2.33. The van der Waals surface area contributed by atoms with Gasteiger partial charge in [0.15, 0.2) is 6.29 Å². The summed E-state index contributed by atoms with van der Waals surface area (Å²) in [7, 11) is -2.25. The van der Waals surface area contributed by atoms with E-state index < -0.39 is 32.3 Å². The van der Waals surface area contributed by atoms with Gasteiger partial charge in [-0.25, -0.2) is 0 Å². The van der Waals surface area contributed by atoms with E-state index in [1.807, 2.05) is 30.3 Å². The molecule has 0 amide bonds. The fourth-order valence-electron chi connectivity index (χ4n) is 2.90. The third kappa shape index (κ3) is 3.85. The number of rotatable bonds is 4. The molecule has 3 rings (SSSR count). The topological polar surface area (TPSA) is 52.6 Å². The van der Waals surface area contributed by atoms with Gasteiger partial charge >= 0.3 is 0 Å². The van der Waals surface area contributed by atoms with E-state index in [1.165, 1.54) is 0 Å². The van der Waals surface area contributed by atoms with Crippen LogP contribution in [-0.4, -0.2) is 37.4 Å². The predicted octanol–water partition coefficient (Wildman–Crippen LogP) is 2.50. The zero-order chi connectivity index (χ0) is 15.4. The zero-order valence-corrected chi connectivity index (χ0v) is 14.2. The van der Waals surface area contributed by atoms with Gasteiger partial charge in [-0.05, 0) is 31.2 Å². The summed E-state index contributed by atoms with van der Waals surface area (Å²) in [6.45, 7) is 0.697. The van der Waals surface area contributed by atoms with E-state index in [2.05, 4.69) is 0 Å². The van der Waals surface area contributed by atoms with Crippen molar-refractivity contribution in [3.05, 3.63) is 35.9 Å². The Balaban J connectivity index is 1.84. The quantitative estimate of drug-likeness (QED) is 0.844. The molecule has 1 aromatic rings. The molecular weight excluding hydrogens is 320 g/mol. The Morgan fingerprint density at radius 3 is 2.41 bits per heavy atom. The van der Waals surface area contributed by atoms with E-state index in [9.17, 15) is 8.42 Å². The molecule has 4 atom stereocenters. The van der Waals surface area contributed by atoms with Crippen LogP contribution >= 0.6 is 0 Å². The number of ether oxygens (including phenoxy) is 2. The summed E-state index contributed by atoms with van der Waals surface area (Å²) in [4.78, 5) is 0. The molecule has 4 nitrogen and oxygen atoms in total. The van der Waals surface area contributed by atoms with Gasteiger partial charge in [-0.15, -0.1) is 0 Å². The van der Waals surface area contributed by atoms with Gasteiger partial charge in [0.2, 0.25) is 0 Å². The summed E-state index contributed by atoms with van der Waals surface area (Å²) in [5, 5.41) is 0. The molecule has 0 N–H and O–H groups in total. The highest BCUT2D eigenvalue weighted by Crippen LogP contribution is 2.33. The first-order valence-electron chi connectivity index (χ1n) is 7.82. The molecule has 0 bridgehead atoms. The van der Waals surface area contributed by atoms with Gasteiger partial charge < -0.3 is 9.47 Å². The van der Waals surface area contributed by atoms with Gasteiger partial charge in [0.1, 0.15) is 10.7 Å². The average molecular weight is 342 g/mol. The third-order valence-electron chi connectivity index (χ3n) is 4.02. The minimum atomic E-state index is -1.12. The number of hydrogen-bond donors (Lipinski definition) is 0. The van der Waals surface area contributed by atoms with Gasteiger partial charge in [0.05, 0.1) is 0 Å². The van der Waals surface area contributed by atoms with Crippen molar-refractivity contribution in [1.29, 1.82) is 0 Å². The van der Waals surface area contributed by atoms with Crippen LogP contribution in [0.25, 0.3) is 0 Å². The van der Waals surface area contributed by atoms with Crippen LogP contribution in [-0.2, 0) is 31.1 Å². The first kappa shape index (κ1) is 16.3. The smallest absolute Gasteiger partial charge is 0.158 e. The predicted molar refractivity (Wildman–Crippen MR) is 88.3 cm³/mol. The van der Waals surface area contributed by atoms with Gasteiger partial charge in [-0.1, -0.05) is 30.3 Å². The van der Waals surface area contributed by atoms with E-state index in [4.69, 9.17) is 9.47 Å². The van der Waals surface area contributed by atoms with Crippen molar-refractivity contribution in [3.8, 4) is 0 Å². The summed E-state index contributed by atoms with van der Waals surface area (Å²) in [5.74, 6) is 1.21. The number of hydrogen-bond acceptors (Lipinski definition) is 4. The van der Waals surface area contributed by atoms with Crippen LogP contribution in [0.2, 0.25) is 0 Å². The molecule has 1 aromatic carbocycles. The Labute approximate surface area is 136 Å². The Bertz CT molecular complexity index is 512. The maximum atomic E-state index is 12.5. The second-order valence-corrected chi connectivity index (χ2v) is 9.31. The summed E-state index contributed by atoms with van der Waals surface area (Å²) in [6, 6.07) is 9.71. The summed E-state index contributed by atoms with van der Waals surface area (Å²) >= 11 is 0. The van der Waals surface area contributed by atoms with Crippen LogP contribution in [0.5, 0.6) is 0 Å². The minimum absolute atomic E-state index is 0.283. The largest absolute Gasteiger partial charge is 0.353 e. The Hall–Kier alpha value is -0.560. The molecule has 3 unspecified atom stereocenters. The lowest BCUT2D eigenvalue weighted by atomic mass is 10.1. The highest BCUT2D eigenvalue weighted by molar-refractivity contribution is 8.03. The molecule has 2 saturated heterocycles. The third-order valence-corrected chi connectivity index (χ3v) is 8.22. The van der Waals surface area contributed by atoms with Crippen LogP contribution in [0.1, 0.15) is 37.4 Å². The van der Waals surface area contributed by atoms with E-state index in [1.54, 1.807) is 0 Å². The Morgan fingerprint density at radius 2 is 1.77 bits per heavy atom. The van der Waals surface area contributed by atoms with Gasteiger partial charge in [-0.3, -0.25) is 8.42 Å². The van der Waals surface area contributed by atoms with Crippen LogP contribution in [0.4, 0.5) is 0 Å². The van der Waals surface area contributed by atoms with Crippen LogP contribution in [0.3, 0.4) is 0 Å². The minimum Gasteiger partial charge on any atom is -0.353 e. The van der Waals surface area contributed by atoms with Crippen molar-refractivity contribution in [2.24, 2.45) is 0 Å². The van der Waals surface area contributed by atoms with Crippen molar-refractivity contribution in [3.63, 3.8) is 0 Å². The zero-order valence-electron chi connectivity index (χ0n) is 12.5. The lowest BCUT2D eigenvalue weighted by molar-refractivity contribution is -0.186. The normalized spacial score (nSPS) is 34.2. The molecular formula is C16H22O4S2. The van der Waals surface area contributed by atoms with Crippen LogP contribution in [0.15, 0.2) is 30.3 Å². The molecule has 22 heavy (non-hydrogen) atoms. The highest BCUT2D eigenvalue weighted by atomic mass is 32.2. The average Bonchev–Trinajstić information content (AvgIpc) is 2.55. The SMILES string of the molecule is O=S1CCCS(=O)C1[C@H](OC1CCCCO1)c1ccccc1. The van der Waals surface area contributed by atoms with E-state index in [0.717, 1.165) is 31.2 Å². The van der Waals surface area contributed by atoms with Crippen molar-refractivity contribution in [2.45, 2.75) is 42.7 Å². The van der Waals surface area contributed by atoms with Crippen LogP contribution in [0, 0.1) is 0 Å². The highest BCUT2D eigenvalue weighted by Gasteiger charge is 2.38. The molecule has 0 aliphatic carbocycles. The van der Waals surface area contributed by atoms with Crippen molar-refractivity contribution in [1.82, 2.24) is 0 Å². The van der Waals surface area contributed by atoms with E-state index in [-0.39, 0.29) is 6.29 Å². The first-order chi connectivity index (χ1) is 10.8. The summed E-state index contributed by atoms with van der Waals surface area (Å²) < 4.78 is 36.3. The standard InChI is InChI=1S/C16H22O4S2/c17-21-11-6-12-22(18)16(21)15(13-7-2-1-3-8-13)20-14-9-4-5-10-19-14/h1-3,7-8,14-16H,4-6,9-12H2/t14?,15-,16?,21?,22?/m1/s1. The molecule has 0 aromatic heterocycles. The van der Waals surface area contributed by atoms with Gasteiger partial charge in [0, 0.05) is 39.7 Å². The van der Waals surface area contributed by atoms with Crippen LogP contribution < -0.4 is 0 Å². The number of benzene rings is 1. The van der Waals surface area contributed by atoms with Gasteiger partial charge in [-0.2, -0.15) is 0 Å². The molecule has 0 saturated carbocycles. The van der Waals surface area contributed by atoms with Crippen molar-refractivity contribution < 1.29 is 17.9 Å². The second-order valence-electron chi connectivity index (χ2n) is 5.66. The Morgan fingerprint density at radius 1 is 1.05 bits per heavy atom. The van der Waals surface area contributed by atoms with E-state index >= 15 is 0 Å². The molecule has 2 aliphatic rings. The molecule has 2 heterocycles. The van der Waals surface area contributed by atoms with Crippen molar-refractivity contribution in [2.75, 3.05) is 18.1 Å². The van der Waals surface area contributed by atoms with E-state index in [0.29, 0.717) is 18.1 Å². The lowest BCUT2D eigenvalue weighted by Crippen LogP contribution is -2.39. The fourth-order valence-corrected chi connectivity index (χ4v) is 6.93. The molecule has 0 spiro atoms. The maximum Gasteiger partial charge on any atom is 0.158 e. The fraction of sp³-hybridized carbons (Fsp3) is 0.625.